The van der Waals surface area contributed by atoms with Crippen molar-refractivity contribution in [3.05, 3.63) is 28.8 Å². The molecule has 0 aromatic heterocycles. The lowest BCUT2D eigenvalue weighted by Gasteiger charge is -2.31. The average molecular weight is 316 g/mol. The zero-order chi connectivity index (χ0) is 16.1. The maximum atomic E-state index is 5.99. The number of ether oxygens (including phenoxy) is 1. The standard InChI is InChI=1S/C20H32N2O/c1-3-9-21-12-8-17-13-19(16-22-10-6-5-7-11-22)20(23-4-2)14-18(17)15-21/h13-14H,3-12,15-16H2,1-2H3. The Morgan fingerprint density at radius 1 is 0.957 bits per heavy atom. The van der Waals surface area contributed by atoms with Crippen LogP contribution < -0.4 is 4.74 Å². The van der Waals surface area contributed by atoms with Gasteiger partial charge in [-0.2, -0.15) is 0 Å². The summed E-state index contributed by atoms with van der Waals surface area (Å²) in [5.74, 6) is 1.12. The molecule has 2 aliphatic rings. The lowest BCUT2D eigenvalue weighted by molar-refractivity contribution is 0.216. The molecule has 1 aromatic carbocycles. The second kappa shape index (κ2) is 8.16. The second-order valence-corrected chi connectivity index (χ2v) is 7.02. The molecule has 2 heterocycles. The van der Waals surface area contributed by atoms with Gasteiger partial charge >= 0.3 is 0 Å². The zero-order valence-electron chi connectivity index (χ0n) is 14.9. The van der Waals surface area contributed by atoms with Gasteiger partial charge in [-0.15, -0.1) is 0 Å². The molecule has 0 bridgehead atoms. The van der Waals surface area contributed by atoms with Crippen LogP contribution in [0.5, 0.6) is 5.75 Å². The van der Waals surface area contributed by atoms with Gasteiger partial charge in [-0.1, -0.05) is 19.4 Å². The Bertz CT molecular complexity index is 509. The maximum Gasteiger partial charge on any atom is 0.124 e. The van der Waals surface area contributed by atoms with Crippen LogP contribution >= 0.6 is 0 Å². The normalized spacial score (nSPS) is 19.6. The molecule has 0 spiro atoms. The van der Waals surface area contributed by atoms with Crippen molar-refractivity contribution in [1.29, 1.82) is 0 Å². The van der Waals surface area contributed by atoms with E-state index in [1.54, 1.807) is 5.56 Å². The van der Waals surface area contributed by atoms with Gasteiger partial charge in [0.1, 0.15) is 5.75 Å². The van der Waals surface area contributed by atoms with Gasteiger partial charge in [-0.25, -0.2) is 0 Å². The predicted molar refractivity (Wildman–Crippen MR) is 96.0 cm³/mol. The van der Waals surface area contributed by atoms with Gasteiger partial charge in [0.15, 0.2) is 0 Å². The van der Waals surface area contributed by atoms with Crippen LogP contribution in [0.15, 0.2) is 12.1 Å². The number of rotatable bonds is 6. The minimum atomic E-state index is 0.754. The number of benzene rings is 1. The summed E-state index contributed by atoms with van der Waals surface area (Å²) >= 11 is 0. The fraction of sp³-hybridized carbons (Fsp3) is 0.700. The molecule has 0 saturated carbocycles. The molecule has 128 valence electrons. The number of fused-ring (bicyclic) bond motifs is 1. The number of hydrogen-bond acceptors (Lipinski definition) is 3. The van der Waals surface area contributed by atoms with Gasteiger partial charge in [-0.05, 0) is 69.4 Å². The highest BCUT2D eigenvalue weighted by Gasteiger charge is 2.20. The number of nitrogens with zero attached hydrogens (tertiary/aromatic N) is 2. The van der Waals surface area contributed by atoms with Gasteiger partial charge in [0, 0.05) is 25.2 Å². The van der Waals surface area contributed by atoms with Crippen molar-refractivity contribution in [3.63, 3.8) is 0 Å². The van der Waals surface area contributed by atoms with Crippen molar-refractivity contribution in [1.82, 2.24) is 9.80 Å². The van der Waals surface area contributed by atoms with E-state index < -0.39 is 0 Å². The van der Waals surface area contributed by atoms with Crippen LogP contribution in [0.1, 0.15) is 56.2 Å². The first-order valence-electron chi connectivity index (χ1n) is 9.52. The molecule has 0 aliphatic carbocycles. The minimum absolute atomic E-state index is 0.754. The van der Waals surface area contributed by atoms with Gasteiger partial charge in [0.2, 0.25) is 0 Å². The second-order valence-electron chi connectivity index (χ2n) is 7.02. The van der Waals surface area contributed by atoms with Crippen molar-refractivity contribution in [3.8, 4) is 5.75 Å². The van der Waals surface area contributed by atoms with E-state index in [0.29, 0.717) is 0 Å². The molecule has 3 heteroatoms. The summed E-state index contributed by atoms with van der Waals surface area (Å²) in [6.45, 7) is 12.2. The molecule has 0 amide bonds. The fourth-order valence-electron chi connectivity index (χ4n) is 3.98. The van der Waals surface area contributed by atoms with E-state index in [9.17, 15) is 0 Å². The van der Waals surface area contributed by atoms with Crippen LogP contribution in [0.2, 0.25) is 0 Å². The number of piperidine rings is 1. The maximum absolute atomic E-state index is 5.99. The summed E-state index contributed by atoms with van der Waals surface area (Å²) in [5.41, 5.74) is 4.43. The molecule has 0 unspecified atom stereocenters. The SMILES string of the molecule is CCCN1CCc2cc(CN3CCCCC3)c(OCC)cc2C1. The molecule has 1 aromatic rings. The molecular weight excluding hydrogens is 284 g/mol. The average Bonchev–Trinajstić information content (AvgIpc) is 2.57. The summed E-state index contributed by atoms with van der Waals surface area (Å²) in [7, 11) is 0. The zero-order valence-corrected chi connectivity index (χ0v) is 14.9. The Labute approximate surface area is 141 Å². The summed E-state index contributed by atoms with van der Waals surface area (Å²) in [6.07, 6.45) is 6.52. The van der Waals surface area contributed by atoms with Crippen molar-refractivity contribution >= 4 is 0 Å². The Morgan fingerprint density at radius 2 is 1.78 bits per heavy atom. The van der Waals surface area contributed by atoms with E-state index >= 15 is 0 Å². The van der Waals surface area contributed by atoms with Crippen molar-refractivity contribution in [2.24, 2.45) is 0 Å². The van der Waals surface area contributed by atoms with E-state index in [-0.39, 0.29) is 0 Å². The highest BCUT2D eigenvalue weighted by atomic mass is 16.5. The van der Waals surface area contributed by atoms with Crippen LogP contribution in [0, 0.1) is 0 Å². The van der Waals surface area contributed by atoms with Gasteiger partial charge < -0.3 is 4.74 Å². The molecule has 0 N–H and O–H groups in total. The largest absolute Gasteiger partial charge is 0.494 e. The lowest BCUT2D eigenvalue weighted by atomic mass is 9.95. The van der Waals surface area contributed by atoms with E-state index in [4.69, 9.17) is 4.74 Å². The molecular formula is C20H32N2O. The van der Waals surface area contributed by atoms with Crippen LogP contribution in [0.4, 0.5) is 0 Å². The van der Waals surface area contributed by atoms with Gasteiger partial charge in [-0.3, -0.25) is 9.80 Å². The van der Waals surface area contributed by atoms with Crippen LogP contribution in [0.25, 0.3) is 0 Å². The summed E-state index contributed by atoms with van der Waals surface area (Å²) in [5, 5.41) is 0. The molecule has 0 atom stereocenters. The first-order chi connectivity index (χ1) is 11.3. The smallest absolute Gasteiger partial charge is 0.124 e. The van der Waals surface area contributed by atoms with E-state index in [0.717, 1.165) is 25.4 Å². The molecule has 0 radical (unpaired) electrons. The molecule has 2 aliphatic heterocycles. The molecule has 3 rings (SSSR count). The van der Waals surface area contributed by atoms with E-state index in [1.807, 2.05) is 0 Å². The first-order valence-corrected chi connectivity index (χ1v) is 9.52. The number of hydrogen-bond donors (Lipinski definition) is 0. The third-order valence-electron chi connectivity index (χ3n) is 5.16. The molecule has 23 heavy (non-hydrogen) atoms. The van der Waals surface area contributed by atoms with Crippen LogP contribution in [0.3, 0.4) is 0 Å². The Kier molecular flexibility index (Phi) is 5.96. The predicted octanol–water partition coefficient (Wildman–Crippen LogP) is 3.84. The molecule has 1 fully saturated rings. The topological polar surface area (TPSA) is 15.7 Å². The Morgan fingerprint density at radius 3 is 2.52 bits per heavy atom. The van der Waals surface area contributed by atoms with Crippen LogP contribution in [-0.4, -0.2) is 42.6 Å². The minimum Gasteiger partial charge on any atom is -0.494 e. The fourth-order valence-corrected chi connectivity index (χ4v) is 3.98. The third-order valence-corrected chi connectivity index (χ3v) is 5.16. The first kappa shape index (κ1) is 16.8. The Hall–Kier alpha value is -1.06. The van der Waals surface area contributed by atoms with E-state index in [2.05, 4.69) is 35.8 Å². The number of likely N-dealkylation sites (tertiary alicyclic amines) is 1. The van der Waals surface area contributed by atoms with Gasteiger partial charge in [0.05, 0.1) is 6.61 Å². The third kappa shape index (κ3) is 4.27. The Balaban J connectivity index is 1.78. The van der Waals surface area contributed by atoms with Crippen molar-refractivity contribution < 1.29 is 4.74 Å². The van der Waals surface area contributed by atoms with Gasteiger partial charge in [0.25, 0.3) is 0 Å². The quantitative estimate of drug-likeness (QED) is 0.793. The highest BCUT2D eigenvalue weighted by Crippen LogP contribution is 2.30. The molecule has 1 saturated heterocycles. The van der Waals surface area contributed by atoms with Crippen LogP contribution in [-0.2, 0) is 19.5 Å². The van der Waals surface area contributed by atoms with Crippen molar-refractivity contribution in [2.45, 2.75) is 59.0 Å². The molecule has 3 nitrogen and oxygen atoms in total. The lowest BCUT2D eigenvalue weighted by Crippen LogP contribution is -2.32. The monoisotopic (exact) mass is 316 g/mol. The van der Waals surface area contributed by atoms with Crippen molar-refractivity contribution in [2.75, 3.05) is 32.8 Å². The van der Waals surface area contributed by atoms with E-state index in [1.165, 1.54) is 69.4 Å². The summed E-state index contributed by atoms with van der Waals surface area (Å²) in [4.78, 5) is 5.17. The summed E-state index contributed by atoms with van der Waals surface area (Å²) < 4.78 is 5.99. The summed E-state index contributed by atoms with van der Waals surface area (Å²) in [6, 6.07) is 4.78. The highest BCUT2D eigenvalue weighted by molar-refractivity contribution is 5.44.